The highest BCUT2D eigenvalue weighted by atomic mass is 16.5. The van der Waals surface area contributed by atoms with E-state index < -0.39 is 30.1 Å². The van der Waals surface area contributed by atoms with Crippen molar-refractivity contribution in [2.45, 2.75) is 46.6 Å². The number of rotatable bonds is 8. The van der Waals surface area contributed by atoms with E-state index in [-0.39, 0.29) is 5.56 Å². The Hall–Kier alpha value is -2.77. The lowest BCUT2D eigenvalue weighted by Crippen LogP contribution is -2.49. The molecule has 1 aromatic rings. The molecule has 0 spiro atoms. The van der Waals surface area contributed by atoms with E-state index in [2.05, 4.69) is 24.5 Å². The number of benzene rings is 1. The fraction of sp³-hybridized carbons (Fsp3) is 0.550. The summed E-state index contributed by atoms with van der Waals surface area (Å²) in [5.74, 6) is -0.00510. The Kier molecular flexibility index (Phi) is 8.76. The summed E-state index contributed by atoms with van der Waals surface area (Å²) in [6, 6.07) is 3.97. The average Bonchev–Trinajstić information content (AvgIpc) is 2.57. The van der Waals surface area contributed by atoms with Crippen molar-refractivity contribution in [2.24, 2.45) is 5.92 Å². The third kappa shape index (κ3) is 8.75. The molecule has 0 aromatic heterocycles. The van der Waals surface area contributed by atoms with Crippen LogP contribution in [0.2, 0.25) is 0 Å². The topological polar surface area (TPSA) is 103 Å². The molecule has 0 aliphatic carbocycles. The molecule has 0 saturated heterocycles. The quantitative estimate of drug-likeness (QED) is 0.657. The number of urea groups is 1. The highest BCUT2D eigenvalue weighted by Gasteiger charge is 2.18. The summed E-state index contributed by atoms with van der Waals surface area (Å²) in [5.41, 5.74) is -0.281. The molecular weight excluding hydrogens is 364 g/mol. The monoisotopic (exact) mass is 394 g/mol. The second kappa shape index (κ2) is 10.5. The van der Waals surface area contributed by atoms with Crippen molar-refractivity contribution in [1.29, 1.82) is 0 Å². The molecule has 0 fully saturated rings. The zero-order valence-electron chi connectivity index (χ0n) is 17.4. The Bertz CT molecular complexity index is 694. The lowest BCUT2D eigenvalue weighted by Gasteiger charge is -2.20. The van der Waals surface area contributed by atoms with E-state index in [1.165, 1.54) is 19.2 Å². The van der Waals surface area contributed by atoms with E-state index in [0.717, 1.165) is 6.42 Å². The summed E-state index contributed by atoms with van der Waals surface area (Å²) in [4.78, 5) is 35.5. The van der Waals surface area contributed by atoms with Gasteiger partial charge in [0.25, 0.3) is 5.91 Å². The van der Waals surface area contributed by atoms with Crippen molar-refractivity contribution >= 4 is 17.9 Å². The van der Waals surface area contributed by atoms with Gasteiger partial charge in [-0.1, -0.05) is 13.8 Å². The van der Waals surface area contributed by atoms with Crippen LogP contribution in [0.1, 0.15) is 51.4 Å². The molecule has 28 heavy (non-hydrogen) atoms. The van der Waals surface area contributed by atoms with Crippen LogP contribution in [0, 0.1) is 5.92 Å². The fourth-order valence-electron chi connectivity index (χ4n) is 2.07. The van der Waals surface area contributed by atoms with Gasteiger partial charge >= 0.3 is 12.0 Å². The van der Waals surface area contributed by atoms with Crippen molar-refractivity contribution in [2.75, 3.05) is 20.3 Å². The minimum atomic E-state index is -0.726. The Morgan fingerprint density at radius 1 is 1.11 bits per heavy atom. The lowest BCUT2D eigenvalue weighted by molar-refractivity contribution is -0.123. The summed E-state index contributed by atoms with van der Waals surface area (Å²) in [5, 5.41) is 4.67. The third-order valence-corrected chi connectivity index (χ3v) is 3.43. The molecule has 0 radical (unpaired) electrons. The number of carbonyl (C=O) groups is 3. The summed E-state index contributed by atoms with van der Waals surface area (Å²) in [6.45, 7) is 9.49. The van der Waals surface area contributed by atoms with E-state index in [0.29, 0.717) is 24.0 Å². The number of carbonyl (C=O) groups excluding carboxylic acids is 3. The van der Waals surface area contributed by atoms with Crippen molar-refractivity contribution in [3.8, 4) is 11.5 Å². The van der Waals surface area contributed by atoms with Crippen LogP contribution in [0.3, 0.4) is 0 Å². The molecule has 0 heterocycles. The van der Waals surface area contributed by atoms with Crippen LogP contribution >= 0.6 is 0 Å². The smallest absolute Gasteiger partial charge is 0.338 e. The number of ether oxygens (including phenoxy) is 3. The van der Waals surface area contributed by atoms with Gasteiger partial charge in [0, 0.05) is 5.54 Å². The Labute approximate surface area is 165 Å². The zero-order valence-corrected chi connectivity index (χ0v) is 17.4. The minimum absolute atomic E-state index is 0.208. The molecule has 1 aromatic carbocycles. The van der Waals surface area contributed by atoms with Crippen LogP contribution in [0.15, 0.2) is 18.2 Å². The van der Waals surface area contributed by atoms with Crippen molar-refractivity contribution in [1.82, 2.24) is 10.6 Å². The van der Waals surface area contributed by atoms with Crippen LogP contribution in [0.4, 0.5) is 4.79 Å². The van der Waals surface area contributed by atoms with Crippen molar-refractivity contribution in [3.05, 3.63) is 23.8 Å². The molecule has 0 unspecified atom stereocenters. The molecule has 1 rings (SSSR count). The maximum atomic E-state index is 12.1. The number of hydrogen-bond donors (Lipinski definition) is 2. The molecule has 0 bridgehead atoms. The van der Waals surface area contributed by atoms with Gasteiger partial charge in [0.1, 0.15) is 0 Å². The zero-order chi connectivity index (χ0) is 21.3. The van der Waals surface area contributed by atoms with Gasteiger partial charge in [-0.05, 0) is 51.3 Å². The fourth-order valence-corrected chi connectivity index (χ4v) is 2.07. The number of methoxy groups -OCH3 is 1. The Morgan fingerprint density at radius 3 is 2.36 bits per heavy atom. The first-order valence-electron chi connectivity index (χ1n) is 9.11. The molecule has 3 amide bonds. The first kappa shape index (κ1) is 23.3. The van der Waals surface area contributed by atoms with Crippen LogP contribution in [-0.4, -0.2) is 43.8 Å². The van der Waals surface area contributed by atoms with Gasteiger partial charge in [-0.2, -0.15) is 0 Å². The maximum absolute atomic E-state index is 12.1. The summed E-state index contributed by atoms with van der Waals surface area (Å²) in [7, 11) is 1.47. The first-order valence-corrected chi connectivity index (χ1v) is 9.11. The van der Waals surface area contributed by atoms with Gasteiger partial charge < -0.3 is 19.5 Å². The molecular formula is C20H30N2O6. The van der Waals surface area contributed by atoms with Crippen molar-refractivity contribution < 1.29 is 28.6 Å². The molecule has 0 saturated carbocycles. The molecule has 0 aliphatic heterocycles. The van der Waals surface area contributed by atoms with Gasteiger partial charge in [-0.15, -0.1) is 0 Å². The summed E-state index contributed by atoms with van der Waals surface area (Å²) in [6.07, 6.45) is 0.894. The van der Waals surface area contributed by atoms with E-state index in [1.54, 1.807) is 26.8 Å². The molecule has 0 atom stereocenters. The van der Waals surface area contributed by atoms with Gasteiger partial charge in [-0.3, -0.25) is 10.1 Å². The lowest BCUT2D eigenvalue weighted by atomic mass is 10.1. The van der Waals surface area contributed by atoms with E-state index in [4.69, 9.17) is 14.2 Å². The number of nitrogens with one attached hydrogen (secondary N) is 2. The maximum Gasteiger partial charge on any atom is 0.338 e. The largest absolute Gasteiger partial charge is 0.493 e. The molecule has 8 nitrogen and oxygen atoms in total. The van der Waals surface area contributed by atoms with Crippen LogP contribution in [0.25, 0.3) is 0 Å². The Morgan fingerprint density at radius 2 is 1.79 bits per heavy atom. The minimum Gasteiger partial charge on any atom is -0.493 e. The van der Waals surface area contributed by atoms with Gasteiger partial charge in [0.05, 0.1) is 19.3 Å². The van der Waals surface area contributed by atoms with Crippen LogP contribution in [-0.2, 0) is 9.53 Å². The molecule has 2 N–H and O–H groups in total. The molecule has 8 heteroatoms. The number of esters is 1. The summed E-state index contributed by atoms with van der Waals surface area (Å²) < 4.78 is 15.9. The standard InChI is InChI=1S/C20H30N2O6/c1-13(2)9-10-27-15-8-7-14(11-16(15)26-6)18(24)28-12-17(23)21-19(25)22-20(3,4)5/h7-8,11,13H,9-10,12H2,1-6H3,(H2,21,22,23,25). The number of hydrogen-bond acceptors (Lipinski definition) is 6. The highest BCUT2D eigenvalue weighted by molar-refractivity contribution is 5.97. The second-order valence-corrected chi connectivity index (χ2v) is 7.73. The number of imide groups is 1. The highest BCUT2D eigenvalue weighted by Crippen LogP contribution is 2.28. The van der Waals surface area contributed by atoms with E-state index in [9.17, 15) is 14.4 Å². The molecule has 156 valence electrons. The third-order valence-electron chi connectivity index (χ3n) is 3.43. The number of amides is 3. The average molecular weight is 394 g/mol. The second-order valence-electron chi connectivity index (χ2n) is 7.73. The Balaban J connectivity index is 2.59. The van der Waals surface area contributed by atoms with Crippen molar-refractivity contribution in [3.63, 3.8) is 0 Å². The SMILES string of the molecule is COc1cc(C(=O)OCC(=O)NC(=O)NC(C)(C)C)ccc1OCCC(C)C. The van der Waals surface area contributed by atoms with E-state index >= 15 is 0 Å². The van der Waals surface area contributed by atoms with Gasteiger partial charge in [0.15, 0.2) is 18.1 Å². The van der Waals surface area contributed by atoms with Gasteiger partial charge in [0.2, 0.25) is 0 Å². The normalized spacial score (nSPS) is 11.0. The van der Waals surface area contributed by atoms with E-state index in [1.807, 2.05) is 0 Å². The molecule has 0 aliphatic rings. The predicted octanol–water partition coefficient (Wildman–Crippen LogP) is 2.90. The van der Waals surface area contributed by atoms with Crippen LogP contribution in [0.5, 0.6) is 11.5 Å². The summed E-state index contributed by atoms with van der Waals surface area (Å²) >= 11 is 0. The van der Waals surface area contributed by atoms with Crippen LogP contribution < -0.4 is 20.1 Å². The predicted molar refractivity (Wildman–Crippen MR) is 105 cm³/mol. The first-order chi connectivity index (χ1) is 13.0. The van der Waals surface area contributed by atoms with Gasteiger partial charge in [-0.25, -0.2) is 9.59 Å².